The summed E-state index contributed by atoms with van der Waals surface area (Å²) in [5.41, 5.74) is 11.4. The van der Waals surface area contributed by atoms with Gasteiger partial charge in [-0.3, -0.25) is 4.79 Å². The number of nitrogens with one attached hydrogen (secondary N) is 1. The molecule has 3 rings (SSSR count). The lowest BCUT2D eigenvalue weighted by atomic mass is 9.92. The second-order valence-electron chi connectivity index (χ2n) is 5.77. The third-order valence-electron chi connectivity index (χ3n) is 4.31. The van der Waals surface area contributed by atoms with Gasteiger partial charge in [0.1, 0.15) is 5.75 Å². The van der Waals surface area contributed by atoms with Gasteiger partial charge in [-0.2, -0.15) is 0 Å². The first-order valence-electron chi connectivity index (χ1n) is 7.36. The van der Waals surface area contributed by atoms with Crippen LogP contribution in [0, 0.1) is 6.92 Å². The zero-order chi connectivity index (χ0) is 15.9. The first kappa shape index (κ1) is 14.6. The third-order valence-corrected chi connectivity index (χ3v) is 4.31. The van der Waals surface area contributed by atoms with E-state index in [1.165, 1.54) is 0 Å². The summed E-state index contributed by atoms with van der Waals surface area (Å²) in [6.45, 7) is 3.92. The Labute approximate surface area is 130 Å². The Morgan fingerprint density at radius 2 is 2.00 bits per heavy atom. The van der Waals surface area contributed by atoms with Crippen molar-refractivity contribution in [3.05, 3.63) is 58.7 Å². The van der Waals surface area contributed by atoms with E-state index in [2.05, 4.69) is 5.32 Å². The van der Waals surface area contributed by atoms with Crippen LogP contribution in [0.3, 0.4) is 0 Å². The minimum Gasteiger partial charge on any atom is -0.497 e. The number of benzene rings is 2. The molecular formula is C18H20N2O2. The predicted molar refractivity (Wildman–Crippen MR) is 87.2 cm³/mol. The number of rotatable bonds is 3. The standard InChI is InChI=1S/C18H20N2O2/c1-10-7-13(9-15-11(2)18(21)20-17(10)15)16(19)12-5-4-6-14(8-12)22-3/h4-9,11,16H,19H2,1-3H3,(H,20,21). The smallest absolute Gasteiger partial charge is 0.231 e. The lowest BCUT2D eigenvalue weighted by Crippen LogP contribution is -2.12. The monoisotopic (exact) mass is 296 g/mol. The molecule has 1 amide bonds. The quantitative estimate of drug-likeness (QED) is 0.914. The second-order valence-corrected chi connectivity index (χ2v) is 5.77. The van der Waals surface area contributed by atoms with E-state index in [4.69, 9.17) is 10.5 Å². The molecule has 0 saturated carbocycles. The Bertz CT molecular complexity index is 740. The van der Waals surface area contributed by atoms with Crippen molar-refractivity contribution in [2.24, 2.45) is 5.73 Å². The lowest BCUT2D eigenvalue weighted by Gasteiger charge is -2.17. The van der Waals surface area contributed by atoms with Crippen LogP contribution in [0.15, 0.2) is 36.4 Å². The van der Waals surface area contributed by atoms with Crippen LogP contribution in [0.25, 0.3) is 0 Å². The number of fused-ring (bicyclic) bond motifs is 1. The number of aryl methyl sites for hydroxylation is 1. The number of ether oxygens (including phenoxy) is 1. The van der Waals surface area contributed by atoms with Gasteiger partial charge in [-0.15, -0.1) is 0 Å². The molecule has 0 spiro atoms. The van der Waals surface area contributed by atoms with Crippen LogP contribution in [-0.4, -0.2) is 13.0 Å². The van der Waals surface area contributed by atoms with Crippen LogP contribution in [0.2, 0.25) is 0 Å². The van der Waals surface area contributed by atoms with Gasteiger partial charge >= 0.3 is 0 Å². The molecule has 0 aromatic heterocycles. The predicted octanol–water partition coefficient (Wildman–Crippen LogP) is 3.11. The van der Waals surface area contributed by atoms with Gasteiger partial charge in [-0.05, 0) is 48.2 Å². The van der Waals surface area contributed by atoms with E-state index in [0.29, 0.717) is 0 Å². The maximum Gasteiger partial charge on any atom is 0.231 e. The molecule has 1 aliphatic rings. The molecule has 1 heterocycles. The highest BCUT2D eigenvalue weighted by Gasteiger charge is 2.29. The molecule has 1 aliphatic heterocycles. The Morgan fingerprint density at radius 1 is 1.23 bits per heavy atom. The van der Waals surface area contributed by atoms with Gasteiger partial charge in [-0.25, -0.2) is 0 Å². The molecule has 3 N–H and O–H groups in total. The molecule has 0 aliphatic carbocycles. The van der Waals surface area contributed by atoms with E-state index >= 15 is 0 Å². The van der Waals surface area contributed by atoms with Crippen LogP contribution >= 0.6 is 0 Å². The minimum atomic E-state index is -0.248. The van der Waals surface area contributed by atoms with Gasteiger partial charge in [-0.1, -0.05) is 24.3 Å². The van der Waals surface area contributed by atoms with E-state index in [9.17, 15) is 4.79 Å². The first-order chi connectivity index (χ1) is 10.5. The molecule has 2 atom stereocenters. The SMILES string of the molecule is COc1cccc(C(N)c2cc(C)c3c(c2)C(C)C(=O)N3)c1. The fraction of sp³-hybridized carbons (Fsp3) is 0.278. The molecule has 2 aromatic rings. The van der Waals surface area contributed by atoms with E-state index in [1.807, 2.05) is 50.2 Å². The van der Waals surface area contributed by atoms with Crippen LogP contribution in [0.1, 0.15) is 41.1 Å². The average molecular weight is 296 g/mol. The highest BCUT2D eigenvalue weighted by atomic mass is 16.5. The Hall–Kier alpha value is -2.33. The zero-order valence-electron chi connectivity index (χ0n) is 13.0. The van der Waals surface area contributed by atoms with Crippen molar-refractivity contribution >= 4 is 11.6 Å². The molecule has 0 bridgehead atoms. The van der Waals surface area contributed by atoms with Gasteiger partial charge in [0.15, 0.2) is 0 Å². The first-order valence-corrected chi connectivity index (χ1v) is 7.36. The molecule has 2 aromatic carbocycles. The fourth-order valence-corrected chi connectivity index (χ4v) is 2.94. The number of carbonyl (C=O) groups is 1. The Morgan fingerprint density at radius 3 is 2.73 bits per heavy atom. The summed E-state index contributed by atoms with van der Waals surface area (Å²) < 4.78 is 5.26. The average Bonchev–Trinajstić information content (AvgIpc) is 2.83. The van der Waals surface area contributed by atoms with Crippen molar-refractivity contribution in [2.75, 3.05) is 12.4 Å². The van der Waals surface area contributed by atoms with Crippen molar-refractivity contribution in [1.29, 1.82) is 0 Å². The van der Waals surface area contributed by atoms with E-state index in [1.54, 1.807) is 7.11 Å². The highest BCUT2D eigenvalue weighted by molar-refractivity contribution is 6.03. The van der Waals surface area contributed by atoms with Crippen molar-refractivity contribution in [2.45, 2.75) is 25.8 Å². The number of nitrogens with two attached hydrogens (primary N) is 1. The summed E-state index contributed by atoms with van der Waals surface area (Å²) in [5.74, 6) is 0.701. The summed E-state index contributed by atoms with van der Waals surface area (Å²) >= 11 is 0. The summed E-state index contributed by atoms with van der Waals surface area (Å²) in [5, 5.41) is 2.94. The molecule has 4 nitrogen and oxygen atoms in total. The normalized spacial score (nSPS) is 17.8. The molecule has 0 radical (unpaired) electrons. The Balaban J connectivity index is 2.02. The fourth-order valence-electron chi connectivity index (χ4n) is 2.94. The molecule has 0 saturated heterocycles. The molecule has 2 unspecified atom stereocenters. The minimum absolute atomic E-state index is 0.0465. The van der Waals surface area contributed by atoms with Gasteiger partial charge in [0.25, 0.3) is 0 Å². The second kappa shape index (κ2) is 5.46. The van der Waals surface area contributed by atoms with Crippen LogP contribution in [0.4, 0.5) is 5.69 Å². The number of anilines is 1. The van der Waals surface area contributed by atoms with Crippen molar-refractivity contribution in [3.8, 4) is 5.75 Å². The lowest BCUT2D eigenvalue weighted by molar-refractivity contribution is -0.116. The maximum absolute atomic E-state index is 11.9. The summed E-state index contributed by atoms with van der Waals surface area (Å²) in [6, 6.07) is 11.6. The summed E-state index contributed by atoms with van der Waals surface area (Å²) in [4.78, 5) is 11.9. The van der Waals surface area contributed by atoms with E-state index < -0.39 is 0 Å². The number of amides is 1. The molecule has 114 valence electrons. The largest absolute Gasteiger partial charge is 0.497 e. The maximum atomic E-state index is 11.9. The van der Waals surface area contributed by atoms with Gasteiger partial charge in [0.2, 0.25) is 5.91 Å². The zero-order valence-corrected chi connectivity index (χ0v) is 13.0. The number of hydrogen-bond acceptors (Lipinski definition) is 3. The highest BCUT2D eigenvalue weighted by Crippen LogP contribution is 2.37. The Kier molecular flexibility index (Phi) is 3.62. The molecule has 22 heavy (non-hydrogen) atoms. The van der Waals surface area contributed by atoms with Crippen molar-refractivity contribution < 1.29 is 9.53 Å². The van der Waals surface area contributed by atoms with Gasteiger partial charge in [0.05, 0.1) is 19.1 Å². The van der Waals surface area contributed by atoms with Gasteiger partial charge < -0.3 is 15.8 Å². The summed E-state index contributed by atoms with van der Waals surface area (Å²) in [7, 11) is 1.64. The number of carbonyl (C=O) groups excluding carboxylic acids is 1. The van der Waals surface area contributed by atoms with Crippen molar-refractivity contribution in [3.63, 3.8) is 0 Å². The van der Waals surface area contributed by atoms with E-state index in [0.717, 1.165) is 33.7 Å². The van der Waals surface area contributed by atoms with Crippen molar-refractivity contribution in [1.82, 2.24) is 0 Å². The van der Waals surface area contributed by atoms with E-state index in [-0.39, 0.29) is 17.9 Å². The third kappa shape index (κ3) is 2.35. The summed E-state index contributed by atoms with van der Waals surface area (Å²) in [6.07, 6.45) is 0. The van der Waals surface area contributed by atoms with Crippen LogP contribution < -0.4 is 15.8 Å². The van der Waals surface area contributed by atoms with Gasteiger partial charge in [0, 0.05) is 5.69 Å². The van der Waals surface area contributed by atoms with Crippen LogP contribution in [0.5, 0.6) is 5.75 Å². The number of hydrogen-bond donors (Lipinski definition) is 2. The number of methoxy groups -OCH3 is 1. The van der Waals surface area contributed by atoms with Crippen LogP contribution in [-0.2, 0) is 4.79 Å². The topological polar surface area (TPSA) is 64.3 Å². The molecular weight excluding hydrogens is 276 g/mol. The molecule has 4 heteroatoms. The molecule has 0 fully saturated rings.